The van der Waals surface area contributed by atoms with Crippen molar-refractivity contribution < 1.29 is 21.6 Å². The number of nitrogens with one attached hydrogen (secondary N) is 1. The van der Waals surface area contributed by atoms with Crippen LogP contribution in [0.25, 0.3) is 0 Å². The lowest BCUT2D eigenvalue weighted by Crippen LogP contribution is -2.47. The maximum Gasteiger partial charge on any atom is 0.246 e. The fourth-order valence-electron chi connectivity index (χ4n) is 4.73. The van der Waals surface area contributed by atoms with Gasteiger partial charge in [0.2, 0.25) is 15.9 Å². The first kappa shape index (κ1) is 23.9. The summed E-state index contributed by atoms with van der Waals surface area (Å²) in [6.45, 7) is 4.72. The molecule has 1 aliphatic heterocycles. The van der Waals surface area contributed by atoms with Gasteiger partial charge in [0.15, 0.2) is 14.6 Å². The van der Waals surface area contributed by atoms with Crippen LogP contribution >= 0.6 is 0 Å². The van der Waals surface area contributed by atoms with E-state index in [1.807, 2.05) is 13.8 Å². The average molecular weight is 491 g/mol. The number of carbonyl (C=O) groups is 1. The lowest BCUT2D eigenvalue weighted by molar-refractivity contribution is -0.118. The second kappa shape index (κ2) is 8.85. The van der Waals surface area contributed by atoms with Gasteiger partial charge in [0.25, 0.3) is 0 Å². The number of aryl methyl sites for hydroxylation is 2. The maximum atomic E-state index is 13.7. The van der Waals surface area contributed by atoms with E-state index in [9.17, 15) is 21.6 Å². The van der Waals surface area contributed by atoms with Crippen LogP contribution < -0.4 is 5.32 Å². The van der Waals surface area contributed by atoms with Gasteiger partial charge in [0.05, 0.1) is 9.79 Å². The summed E-state index contributed by atoms with van der Waals surface area (Å²) in [5.41, 5.74) is 2.11. The standard InChI is InChI=1S/C24H30N2O5S2/c1-18-10-11-21(16-19(18)2)32(28,29)24(12-3-4-13-24)23(27)25-20-8-7-9-22(17-20)33(30,31)26-14-5-6-15-26/h7-11,16-17H,3-6,12-15H2,1-2H3,(H,25,27). The second-order valence-corrected chi connectivity index (χ2v) is 13.2. The third kappa shape index (κ3) is 4.22. The number of benzene rings is 2. The van der Waals surface area contributed by atoms with Crippen molar-refractivity contribution in [1.82, 2.24) is 4.31 Å². The van der Waals surface area contributed by atoms with Gasteiger partial charge in [-0.3, -0.25) is 4.79 Å². The van der Waals surface area contributed by atoms with E-state index in [-0.39, 0.29) is 28.3 Å². The predicted octanol–water partition coefficient (Wildman–Crippen LogP) is 3.81. The van der Waals surface area contributed by atoms with Crippen LogP contribution in [0.3, 0.4) is 0 Å². The van der Waals surface area contributed by atoms with Crippen molar-refractivity contribution >= 4 is 31.5 Å². The highest BCUT2D eigenvalue weighted by molar-refractivity contribution is 7.93. The van der Waals surface area contributed by atoms with E-state index in [0.717, 1.165) is 24.0 Å². The highest BCUT2D eigenvalue weighted by atomic mass is 32.2. The van der Waals surface area contributed by atoms with Gasteiger partial charge in [0, 0.05) is 18.8 Å². The van der Waals surface area contributed by atoms with Crippen LogP contribution in [0.1, 0.15) is 49.7 Å². The third-order valence-electron chi connectivity index (χ3n) is 6.92. The molecule has 1 N–H and O–H groups in total. The molecule has 0 aromatic heterocycles. The number of nitrogens with zero attached hydrogens (tertiary/aromatic N) is 1. The van der Waals surface area contributed by atoms with Crippen molar-refractivity contribution in [1.29, 1.82) is 0 Å². The molecule has 7 nitrogen and oxygen atoms in total. The monoisotopic (exact) mass is 490 g/mol. The summed E-state index contributed by atoms with van der Waals surface area (Å²) in [7, 11) is -7.60. The van der Waals surface area contributed by atoms with E-state index in [1.165, 1.54) is 16.4 Å². The molecule has 1 amide bonds. The van der Waals surface area contributed by atoms with E-state index in [1.54, 1.807) is 30.3 Å². The average Bonchev–Trinajstić information content (AvgIpc) is 3.49. The van der Waals surface area contributed by atoms with Crippen molar-refractivity contribution in [3.8, 4) is 0 Å². The van der Waals surface area contributed by atoms with Crippen molar-refractivity contribution in [2.75, 3.05) is 18.4 Å². The maximum absolute atomic E-state index is 13.7. The molecule has 0 unspecified atom stereocenters. The van der Waals surface area contributed by atoms with Crippen LogP contribution in [0.4, 0.5) is 5.69 Å². The van der Waals surface area contributed by atoms with Crippen LogP contribution in [0.5, 0.6) is 0 Å². The first-order chi connectivity index (χ1) is 15.6. The van der Waals surface area contributed by atoms with Crippen LogP contribution in [0.15, 0.2) is 52.3 Å². The molecule has 2 aliphatic rings. The molecule has 2 aromatic rings. The van der Waals surface area contributed by atoms with Gasteiger partial charge in [-0.05, 0) is 81.0 Å². The molecule has 9 heteroatoms. The van der Waals surface area contributed by atoms with Crippen molar-refractivity contribution in [3.05, 3.63) is 53.6 Å². The molecule has 1 aliphatic carbocycles. The Kier molecular flexibility index (Phi) is 6.41. The largest absolute Gasteiger partial charge is 0.325 e. The summed E-state index contributed by atoms with van der Waals surface area (Å²) in [6, 6.07) is 11.0. The minimum Gasteiger partial charge on any atom is -0.325 e. The summed E-state index contributed by atoms with van der Waals surface area (Å²) in [5, 5.41) is 2.73. The molecule has 0 atom stereocenters. The van der Waals surface area contributed by atoms with Gasteiger partial charge in [-0.2, -0.15) is 4.31 Å². The fourth-order valence-corrected chi connectivity index (χ4v) is 8.44. The summed E-state index contributed by atoms with van der Waals surface area (Å²) >= 11 is 0. The molecule has 1 heterocycles. The van der Waals surface area contributed by atoms with Crippen LogP contribution in [-0.2, 0) is 24.7 Å². The Hall–Kier alpha value is -2.23. The minimum absolute atomic E-state index is 0.0969. The number of carbonyl (C=O) groups excluding carboxylic acids is 1. The Labute approximate surface area is 196 Å². The zero-order chi connectivity index (χ0) is 23.9. The molecule has 1 saturated carbocycles. The smallest absolute Gasteiger partial charge is 0.246 e. The number of amides is 1. The third-order valence-corrected chi connectivity index (χ3v) is 11.3. The van der Waals surface area contributed by atoms with E-state index >= 15 is 0 Å². The molecule has 178 valence electrons. The topological polar surface area (TPSA) is 101 Å². The van der Waals surface area contributed by atoms with Crippen molar-refractivity contribution in [3.63, 3.8) is 0 Å². The molecule has 0 spiro atoms. The van der Waals surface area contributed by atoms with E-state index in [0.29, 0.717) is 25.9 Å². The van der Waals surface area contributed by atoms with E-state index in [4.69, 9.17) is 0 Å². The van der Waals surface area contributed by atoms with Crippen LogP contribution in [0.2, 0.25) is 0 Å². The first-order valence-corrected chi connectivity index (χ1v) is 14.2. The summed E-state index contributed by atoms with van der Waals surface area (Å²) in [6.07, 6.45) is 3.41. The number of sulfonamides is 1. The minimum atomic E-state index is -3.95. The summed E-state index contributed by atoms with van der Waals surface area (Å²) in [5.74, 6) is -0.603. The molecule has 33 heavy (non-hydrogen) atoms. The Morgan fingerprint density at radius 1 is 0.848 bits per heavy atom. The van der Waals surface area contributed by atoms with Crippen molar-refractivity contribution in [2.45, 2.75) is 66.9 Å². The molecular formula is C24H30N2O5S2. The van der Waals surface area contributed by atoms with Gasteiger partial charge in [-0.1, -0.05) is 25.0 Å². The Balaban J connectivity index is 1.65. The molecule has 1 saturated heterocycles. The SMILES string of the molecule is Cc1ccc(S(=O)(=O)C2(C(=O)Nc3cccc(S(=O)(=O)N4CCCC4)c3)CCCC2)cc1C. The van der Waals surface area contributed by atoms with Crippen LogP contribution in [-0.4, -0.2) is 44.9 Å². The Morgan fingerprint density at radius 2 is 1.52 bits per heavy atom. The van der Waals surface area contributed by atoms with Gasteiger partial charge < -0.3 is 5.32 Å². The summed E-state index contributed by atoms with van der Waals surface area (Å²) < 4.78 is 53.1. The first-order valence-electron chi connectivity index (χ1n) is 11.3. The molecule has 4 rings (SSSR count). The number of sulfone groups is 1. The van der Waals surface area contributed by atoms with Crippen molar-refractivity contribution in [2.24, 2.45) is 0 Å². The molecule has 2 aromatic carbocycles. The molecule has 2 fully saturated rings. The van der Waals surface area contributed by atoms with Gasteiger partial charge in [0.1, 0.15) is 0 Å². The highest BCUT2D eigenvalue weighted by Gasteiger charge is 2.53. The number of rotatable bonds is 6. The number of anilines is 1. The summed E-state index contributed by atoms with van der Waals surface area (Å²) in [4.78, 5) is 13.7. The lowest BCUT2D eigenvalue weighted by atomic mass is 10.1. The lowest BCUT2D eigenvalue weighted by Gasteiger charge is -2.28. The molecule has 0 radical (unpaired) electrons. The van der Waals surface area contributed by atoms with Gasteiger partial charge in [-0.25, -0.2) is 16.8 Å². The van der Waals surface area contributed by atoms with Gasteiger partial charge >= 0.3 is 0 Å². The zero-order valence-electron chi connectivity index (χ0n) is 19.0. The highest BCUT2D eigenvalue weighted by Crippen LogP contribution is 2.42. The Bertz CT molecular complexity index is 1270. The molecule has 0 bridgehead atoms. The number of hydrogen-bond donors (Lipinski definition) is 1. The van der Waals surface area contributed by atoms with Crippen LogP contribution in [0, 0.1) is 13.8 Å². The molecular weight excluding hydrogens is 460 g/mol. The van der Waals surface area contributed by atoms with E-state index < -0.39 is 30.5 Å². The van der Waals surface area contributed by atoms with E-state index in [2.05, 4.69) is 5.32 Å². The fraction of sp³-hybridized carbons (Fsp3) is 0.458. The van der Waals surface area contributed by atoms with Gasteiger partial charge in [-0.15, -0.1) is 0 Å². The normalized spacial score (nSPS) is 19.0. The second-order valence-electron chi connectivity index (χ2n) is 9.04. The quantitative estimate of drug-likeness (QED) is 0.664. The predicted molar refractivity (Wildman–Crippen MR) is 127 cm³/mol. The number of hydrogen-bond acceptors (Lipinski definition) is 5. The Morgan fingerprint density at radius 3 is 2.15 bits per heavy atom. The zero-order valence-corrected chi connectivity index (χ0v) is 20.6.